The molecule has 0 aliphatic carbocycles. The van der Waals surface area contributed by atoms with E-state index in [9.17, 15) is 0 Å². The first-order valence-corrected chi connectivity index (χ1v) is 6.25. The van der Waals surface area contributed by atoms with Crippen LogP contribution in [0.1, 0.15) is 33.6 Å². The summed E-state index contributed by atoms with van der Waals surface area (Å²) in [6.45, 7) is 8.09. The Morgan fingerprint density at radius 1 is 1.17 bits per heavy atom. The quantitative estimate of drug-likeness (QED) is 0.488. The minimum atomic E-state index is 0.833. The van der Waals surface area contributed by atoms with E-state index in [0.717, 1.165) is 17.7 Å². The highest BCUT2D eigenvalue weighted by Gasteiger charge is 2.02. The van der Waals surface area contributed by atoms with Gasteiger partial charge in [-0.2, -0.15) is 0 Å². The Morgan fingerprint density at radius 2 is 1.83 bits per heavy atom. The number of thioether (sulfide) groups is 1. The highest BCUT2D eigenvalue weighted by atomic mass is 32.2. The van der Waals surface area contributed by atoms with Crippen molar-refractivity contribution in [3.8, 4) is 0 Å². The number of hydrogen-bond acceptors (Lipinski definition) is 2. The van der Waals surface area contributed by atoms with Gasteiger partial charge in [-0.05, 0) is 31.1 Å². The summed E-state index contributed by atoms with van der Waals surface area (Å²) in [7, 11) is 0. The van der Waals surface area contributed by atoms with Crippen LogP contribution in [0.5, 0.6) is 0 Å². The molecular formula is C10H23NS. The molecule has 0 bridgehead atoms. The Morgan fingerprint density at radius 3 is 2.33 bits per heavy atom. The molecule has 0 rings (SSSR count). The van der Waals surface area contributed by atoms with E-state index in [-0.39, 0.29) is 0 Å². The van der Waals surface area contributed by atoms with Crippen molar-refractivity contribution < 1.29 is 0 Å². The molecule has 0 saturated heterocycles. The predicted molar refractivity (Wildman–Crippen MR) is 59.6 cm³/mol. The van der Waals surface area contributed by atoms with E-state index in [4.69, 9.17) is 0 Å². The van der Waals surface area contributed by atoms with Gasteiger partial charge in [0.1, 0.15) is 0 Å². The normalized spacial score (nSPS) is 13.8. The largest absolute Gasteiger partial charge is 0.308 e. The van der Waals surface area contributed by atoms with Crippen LogP contribution < -0.4 is 5.32 Å². The summed E-state index contributed by atoms with van der Waals surface area (Å²) in [6.07, 6.45) is 4.85. The van der Waals surface area contributed by atoms with Crippen molar-refractivity contribution in [2.24, 2.45) is 11.8 Å². The molecule has 1 atom stereocenters. The van der Waals surface area contributed by atoms with Gasteiger partial charge in [-0.25, -0.2) is 0 Å². The Labute approximate surface area is 81.7 Å². The molecule has 1 unspecified atom stereocenters. The molecule has 0 aromatic heterocycles. The van der Waals surface area contributed by atoms with Crippen LogP contribution in [-0.2, 0) is 0 Å². The van der Waals surface area contributed by atoms with Crippen molar-refractivity contribution in [3.05, 3.63) is 0 Å². The SMILES string of the molecule is CSCNCC(C)CCC(C)C. The van der Waals surface area contributed by atoms with Crippen molar-refractivity contribution >= 4 is 11.8 Å². The molecule has 0 fully saturated rings. The summed E-state index contributed by atoms with van der Waals surface area (Å²) in [5.74, 6) is 2.78. The maximum Gasteiger partial charge on any atom is 0.0415 e. The second kappa shape index (κ2) is 7.93. The molecule has 0 saturated carbocycles. The van der Waals surface area contributed by atoms with Gasteiger partial charge in [-0.1, -0.05) is 27.2 Å². The van der Waals surface area contributed by atoms with Crippen molar-refractivity contribution in [1.82, 2.24) is 5.32 Å². The second-order valence-corrected chi connectivity index (χ2v) is 4.83. The second-order valence-electron chi connectivity index (χ2n) is 3.96. The summed E-state index contributed by atoms with van der Waals surface area (Å²) in [5.41, 5.74) is 0. The summed E-state index contributed by atoms with van der Waals surface area (Å²) in [5, 5.41) is 3.42. The molecule has 0 heterocycles. The molecule has 0 aliphatic rings. The van der Waals surface area contributed by atoms with Crippen LogP contribution in [0.25, 0.3) is 0 Å². The monoisotopic (exact) mass is 189 g/mol. The van der Waals surface area contributed by atoms with Crippen LogP contribution in [0.3, 0.4) is 0 Å². The summed E-state index contributed by atoms with van der Waals surface area (Å²) < 4.78 is 0. The molecule has 1 nitrogen and oxygen atoms in total. The van der Waals surface area contributed by atoms with Crippen molar-refractivity contribution in [2.45, 2.75) is 33.6 Å². The molecule has 0 spiro atoms. The number of rotatable bonds is 7. The van der Waals surface area contributed by atoms with Crippen LogP contribution in [0.2, 0.25) is 0 Å². The molecule has 0 aliphatic heterocycles. The molecule has 1 N–H and O–H groups in total. The third kappa shape index (κ3) is 8.41. The first-order valence-electron chi connectivity index (χ1n) is 4.86. The molecule has 0 radical (unpaired) electrons. The zero-order chi connectivity index (χ0) is 9.40. The maximum atomic E-state index is 3.42. The lowest BCUT2D eigenvalue weighted by Crippen LogP contribution is -2.20. The summed E-state index contributed by atoms with van der Waals surface area (Å²) >= 11 is 1.86. The van der Waals surface area contributed by atoms with Crippen LogP contribution in [0.4, 0.5) is 0 Å². The number of hydrogen-bond donors (Lipinski definition) is 1. The molecular weight excluding hydrogens is 166 g/mol. The van der Waals surface area contributed by atoms with Crippen LogP contribution >= 0.6 is 11.8 Å². The first kappa shape index (κ1) is 12.3. The van der Waals surface area contributed by atoms with Gasteiger partial charge in [0.05, 0.1) is 0 Å². The highest BCUT2D eigenvalue weighted by Crippen LogP contribution is 2.10. The third-order valence-electron chi connectivity index (χ3n) is 1.98. The van der Waals surface area contributed by atoms with E-state index in [1.54, 1.807) is 0 Å². The van der Waals surface area contributed by atoms with Gasteiger partial charge >= 0.3 is 0 Å². The standard InChI is InChI=1S/C10H23NS/c1-9(2)5-6-10(3)7-11-8-12-4/h9-11H,5-8H2,1-4H3. The van der Waals surface area contributed by atoms with Crippen LogP contribution in [0, 0.1) is 11.8 Å². The minimum absolute atomic E-state index is 0.833. The minimum Gasteiger partial charge on any atom is -0.308 e. The van der Waals surface area contributed by atoms with E-state index in [0.29, 0.717) is 0 Å². The molecule has 74 valence electrons. The van der Waals surface area contributed by atoms with Gasteiger partial charge in [0.15, 0.2) is 0 Å². The van der Waals surface area contributed by atoms with Gasteiger partial charge in [-0.3, -0.25) is 0 Å². The molecule has 0 aromatic rings. The van der Waals surface area contributed by atoms with Gasteiger partial charge in [-0.15, -0.1) is 11.8 Å². The zero-order valence-electron chi connectivity index (χ0n) is 8.89. The lowest BCUT2D eigenvalue weighted by atomic mass is 9.99. The highest BCUT2D eigenvalue weighted by molar-refractivity contribution is 7.98. The number of nitrogens with one attached hydrogen (secondary N) is 1. The fourth-order valence-corrected chi connectivity index (χ4v) is 1.45. The third-order valence-corrected chi connectivity index (χ3v) is 2.47. The summed E-state index contributed by atoms with van der Waals surface area (Å²) in [6, 6.07) is 0. The van der Waals surface area contributed by atoms with Crippen LogP contribution in [-0.4, -0.2) is 18.7 Å². The molecule has 12 heavy (non-hydrogen) atoms. The van der Waals surface area contributed by atoms with Gasteiger partial charge in [0.25, 0.3) is 0 Å². The summed E-state index contributed by atoms with van der Waals surface area (Å²) in [4.78, 5) is 0. The topological polar surface area (TPSA) is 12.0 Å². The molecule has 0 aromatic carbocycles. The van der Waals surface area contributed by atoms with E-state index in [1.807, 2.05) is 11.8 Å². The van der Waals surface area contributed by atoms with E-state index in [2.05, 4.69) is 32.3 Å². The average molecular weight is 189 g/mol. The van der Waals surface area contributed by atoms with Crippen molar-refractivity contribution in [2.75, 3.05) is 18.7 Å². The molecule has 0 amide bonds. The van der Waals surface area contributed by atoms with E-state index < -0.39 is 0 Å². The fourth-order valence-electron chi connectivity index (χ4n) is 1.13. The lowest BCUT2D eigenvalue weighted by molar-refractivity contribution is 0.436. The van der Waals surface area contributed by atoms with Gasteiger partial charge in [0, 0.05) is 5.88 Å². The first-order chi connectivity index (χ1) is 5.66. The van der Waals surface area contributed by atoms with Crippen molar-refractivity contribution in [1.29, 1.82) is 0 Å². The average Bonchev–Trinajstić information content (AvgIpc) is 2.01. The van der Waals surface area contributed by atoms with Crippen LogP contribution in [0.15, 0.2) is 0 Å². The Hall–Kier alpha value is 0.310. The maximum absolute atomic E-state index is 3.42. The van der Waals surface area contributed by atoms with E-state index in [1.165, 1.54) is 19.4 Å². The Kier molecular flexibility index (Phi) is 8.14. The molecule has 2 heteroatoms. The van der Waals surface area contributed by atoms with E-state index >= 15 is 0 Å². The Balaban J connectivity index is 3.15. The van der Waals surface area contributed by atoms with Crippen molar-refractivity contribution in [3.63, 3.8) is 0 Å². The van der Waals surface area contributed by atoms with Gasteiger partial charge in [0.2, 0.25) is 0 Å². The lowest BCUT2D eigenvalue weighted by Gasteiger charge is -2.13. The Bertz CT molecular complexity index is 93.8. The fraction of sp³-hybridized carbons (Fsp3) is 1.00. The predicted octanol–water partition coefficient (Wildman–Crippen LogP) is 2.97. The smallest absolute Gasteiger partial charge is 0.0415 e. The van der Waals surface area contributed by atoms with Gasteiger partial charge < -0.3 is 5.32 Å². The zero-order valence-corrected chi connectivity index (χ0v) is 9.71.